The number of hydrogen-bond acceptors (Lipinski definition) is 4. The van der Waals surface area contributed by atoms with Gasteiger partial charge in [-0.25, -0.2) is 0 Å². The van der Waals surface area contributed by atoms with E-state index in [1.807, 2.05) is 0 Å². The Kier molecular flexibility index (Phi) is 10.8. The lowest BCUT2D eigenvalue weighted by Gasteiger charge is -2.23. The van der Waals surface area contributed by atoms with Gasteiger partial charge in [-0.15, -0.1) is 0 Å². The third kappa shape index (κ3) is 13.6. The zero-order valence-electron chi connectivity index (χ0n) is 12.5. The van der Waals surface area contributed by atoms with Gasteiger partial charge in [0.15, 0.2) is 0 Å². The van der Waals surface area contributed by atoms with Crippen molar-refractivity contribution in [3.63, 3.8) is 0 Å². The van der Waals surface area contributed by atoms with Crippen LogP contribution in [-0.4, -0.2) is 51.1 Å². The van der Waals surface area contributed by atoms with E-state index in [2.05, 4.69) is 19.2 Å². The number of carboxylic acids is 1. The van der Waals surface area contributed by atoms with Gasteiger partial charge in [0.05, 0.1) is 6.61 Å². The molecule has 0 radical (unpaired) electrons. The molecule has 0 aromatic carbocycles. The molecule has 2 N–H and O–H groups in total. The van der Waals surface area contributed by atoms with E-state index in [0.717, 1.165) is 45.6 Å². The average Bonchev–Trinajstić information content (AvgIpc) is 2.34. The molecule has 0 heterocycles. The Hall–Kier alpha value is -0.650. The van der Waals surface area contributed by atoms with E-state index in [4.69, 9.17) is 14.6 Å². The Morgan fingerprint density at radius 2 is 1.89 bits per heavy atom. The monoisotopic (exact) mass is 275 g/mol. The summed E-state index contributed by atoms with van der Waals surface area (Å²) in [5, 5.41) is 12.0. The molecular formula is C14H29NO4. The van der Waals surface area contributed by atoms with Crippen molar-refractivity contribution in [3.05, 3.63) is 0 Å². The van der Waals surface area contributed by atoms with Gasteiger partial charge < -0.3 is 19.9 Å². The maximum atomic E-state index is 10.5. The van der Waals surface area contributed by atoms with Crippen molar-refractivity contribution < 1.29 is 19.4 Å². The number of aliphatic carboxylic acids is 1. The van der Waals surface area contributed by atoms with Crippen LogP contribution in [-0.2, 0) is 14.3 Å². The topological polar surface area (TPSA) is 67.8 Å². The van der Waals surface area contributed by atoms with E-state index in [1.54, 1.807) is 7.11 Å². The van der Waals surface area contributed by atoms with Crippen LogP contribution in [0.2, 0.25) is 0 Å². The zero-order chi connectivity index (χ0) is 14.6. The van der Waals surface area contributed by atoms with Crippen LogP contribution in [0.5, 0.6) is 0 Å². The molecule has 0 aromatic rings. The summed E-state index contributed by atoms with van der Waals surface area (Å²) < 4.78 is 10.4. The smallest absolute Gasteiger partial charge is 0.303 e. The van der Waals surface area contributed by atoms with E-state index < -0.39 is 5.97 Å². The average molecular weight is 275 g/mol. The number of carbonyl (C=O) groups is 1. The quantitative estimate of drug-likeness (QED) is 0.503. The largest absolute Gasteiger partial charge is 0.481 e. The fourth-order valence-corrected chi connectivity index (χ4v) is 1.67. The van der Waals surface area contributed by atoms with Crippen LogP contribution in [0.1, 0.15) is 39.5 Å². The van der Waals surface area contributed by atoms with E-state index in [1.165, 1.54) is 0 Å². The molecule has 5 heteroatoms. The fourth-order valence-electron chi connectivity index (χ4n) is 1.67. The third-order valence-corrected chi connectivity index (χ3v) is 3.05. The van der Waals surface area contributed by atoms with Crippen molar-refractivity contribution in [1.29, 1.82) is 0 Å². The number of carboxylic acid groups (broad SMARTS) is 1. The van der Waals surface area contributed by atoms with Gasteiger partial charge in [0.25, 0.3) is 0 Å². The molecule has 19 heavy (non-hydrogen) atoms. The first-order valence-electron chi connectivity index (χ1n) is 6.97. The van der Waals surface area contributed by atoms with E-state index in [9.17, 15) is 4.79 Å². The maximum absolute atomic E-state index is 10.5. The SMILES string of the molecule is COCCCOCCNCCC(C)(C)CCC(=O)O. The second-order valence-corrected chi connectivity index (χ2v) is 5.52. The molecule has 0 saturated heterocycles. The van der Waals surface area contributed by atoms with Gasteiger partial charge in [0, 0.05) is 33.3 Å². The van der Waals surface area contributed by atoms with Crippen molar-refractivity contribution in [2.24, 2.45) is 5.41 Å². The molecule has 0 aromatic heterocycles. The molecule has 0 aliphatic rings. The van der Waals surface area contributed by atoms with Gasteiger partial charge in [-0.3, -0.25) is 4.79 Å². The number of ether oxygens (including phenoxy) is 2. The highest BCUT2D eigenvalue weighted by Gasteiger charge is 2.18. The second kappa shape index (κ2) is 11.2. The first-order valence-corrected chi connectivity index (χ1v) is 6.97. The number of methoxy groups -OCH3 is 1. The summed E-state index contributed by atoms with van der Waals surface area (Å²) in [6, 6.07) is 0. The summed E-state index contributed by atoms with van der Waals surface area (Å²) in [4.78, 5) is 10.5. The van der Waals surface area contributed by atoms with Crippen LogP contribution < -0.4 is 5.32 Å². The maximum Gasteiger partial charge on any atom is 0.303 e. The molecule has 114 valence electrons. The molecule has 0 aliphatic carbocycles. The van der Waals surface area contributed by atoms with Crippen molar-refractivity contribution in [1.82, 2.24) is 5.32 Å². The first kappa shape index (κ1) is 18.4. The van der Waals surface area contributed by atoms with Crippen LogP contribution in [0, 0.1) is 5.41 Å². The van der Waals surface area contributed by atoms with E-state index in [-0.39, 0.29) is 11.8 Å². The molecule has 0 fully saturated rings. The molecule has 0 rings (SSSR count). The van der Waals surface area contributed by atoms with Crippen molar-refractivity contribution in [2.75, 3.05) is 40.0 Å². The molecular weight excluding hydrogens is 246 g/mol. The van der Waals surface area contributed by atoms with E-state index in [0.29, 0.717) is 6.61 Å². The minimum absolute atomic E-state index is 0.0741. The molecule has 0 aliphatic heterocycles. The Bertz CT molecular complexity index is 231. The molecule has 0 unspecified atom stereocenters. The third-order valence-electron chi connectivity index (χ3n) is 3.05. The number of rotatable bonds is 13. The van der Waals surface area contributed by atoms with Gasteiger partial charge in [-0.2, -0.15) is 0 Å². The molecule has 0 bridgehead atoms. The minimum atomic E-state index is -0.717. The summed E-state index contributed by atoms with van der Waals surface area (Å²) in [5.74, 6) is -0.717. The molecule has 0 spiro atoms. The Morgan fingerprint density at radius 3 is 2.53 bits per heavy atom. The van der Waals surface area contributed by atoms with Gasteiger partial charge in [0.1, 0.15) is 0 Å². The Labute approximate surface area is 116 Å². The minimum Gasteiger partial charge on any atom is -0.481 e. The highest BCUT2D eigenvalue weighted by atomic mass is 16.5. The van der Waals surface area contributed by atoms with Crippen molar-refractivity contribution in [3.8, 4) is 0 Å². The van der Waals surface area contributed by atoms with Crippen LogP contribution in [0.4, 0.5) is 0 Å². The predicted octanol–water partition coefficient (Wildman–Crippen LogP) is 1.91. The normalized spacial score (nSPS) is 11.7. The highest BCUT2D eigenvalue weighted by molar-refractivity contribution is 5.66. The standard InChI is InChI=1S/C14H29NO4/c1-14(2,6-5-13(16)17)7-8-15-9-12-19-11-4-10-18-3/h15H,4-12H2,1-3H3,(H,16,17). The van der Waals surface area contributed by atoms with Crippen LogP contribution in [0.15, 0.2) is 0 Å². The molecule has 5 nitrogen and oxygen atoms in total. The first-order chi connectivity index (χ1) is 8.98. The van der Waals surface area contributed by atoms with Gasteiger partial charge in [-0.1, -0.05) is 13.8 Å². The van der Waals surface area contributed by atoms with E-state index >= 15 is 0 Å². The lowest BCUT2D eigenvalue weighted by molar-refractivity contribution is -0.137. The van der Waals surface area contributed by atoms with Gasteiger partial charge in [-0.05, 0) is 31.2 Å². The summed E-state index contributed by atoms with van der Waals surface area (Å²) in [6.45, 7) is 8.14. The zero-order valence-corrected chi connectivity index (χ0v) is 12.5. The van der Waals surface area contributed by atoms with Crippen LogP contribution >= 0.6 is 0 Å². The summed E-state index contributed by atoms with van der Waals surface area (Å²) >= 11 is 0. The van der Waals surface area contributed by atoms with Crippen molar-refractivity contribution in [2.45, 2.75) is 39.5 Å². The predicted molar refractivity (Wildman–Crippen MR) is 75.4 cm³/mol. The number of nitrogens with one attached hydrogen (secondary N) is 1. The Balaban J connectivity index is 3.35. The Morgan fingerprint density at radius 1 is 1.16 bits per heavy atom. The lowest BCUT2D eigenvalue weighted by Crippen LogP contribution is -2.26. The summed E-state index contributed by atoms with van der Waals surface area (Å²) in [5.41, 5.74) is 0.0741. The molecule has 0 amide bonds. The van der Waals surface area contributed by atoms with Crippen LogP contribution in [0.25, 0.3) is 0 Å². The summed E-state index contributed by atoms with van der Waals surface area (Å²) in [6.07, 6.45) is 2.87. The lowest BCUT2D eigenvalue weighted by atomic mass is 9.84. The fraction of sp³-hybridized carbons (Fsp3) is 0.929. The highest BCUT2D eigenvalue weighted by Crippen LogP contribution is 2.25. The van der Waals surface area contributed by atoms with Crippen LogP contribution in [0.3, 0.4) is 0 Å². The van der Waals surface area contributed by atoms with Gasteiger partial charge >= 0.3 is 5.97 Å². The molecule has 0 atom stereocenters. The number of hydrogen-bond donors (Lipinski definition) is 2. The summed E-state index contributed by atoms with van der Waals surface area (Å²) in [7, 11) is 1.69. The van der Waals surface area contributed by atoms with Crippen molar-refractivity contribution >= 4 is 5.97 Å². The van der Waals surface area contributed by atoms with Gasteiger partial charge in [0.2, 0.25) is 0 Å². The second-order valence-electron chi connectivity index (χ2n) is 5.52. The molecule has 0 saturated carbocycles.